The summed E-state index contributed by atoms with van der Waals surface area (Å²) in [5, 5.41) is 15.5. The zero-order chi connectivity index (χ0) is 14.4. The number of benzene rings is 1. The number of hydrogen-bond acceptors (Lipinski definition) is 5. The third kappa shape index (κ3) is 3.36. The van der Waals surface area contributed by atoms with Crippen LogP contribution in [0.4, 0.5) is 5.69 Å². The summed E-state index contributed by atoms with van der Waals surface area (Å²) in [6.07, 6.45) is 4.23. The van der Waals surface area contributed by atoms with Gasteiger partial charge in [0.15, 0.2) is 0 Å². The summed E-state index contributed by atoms with van der Waals surface area (Å²) in [6.45, 7) is 0. The molecule has 1 unspecified atom stereocenters. The van der Waals surface area contributed by atoms with Gasteiger partial charge in [0.05, 0.1) is 5.71 Å². The lowest BCUT2D eigenvalue weighted by molar-refractivity contribution is -0.139. The van der Waals surface area contributed by atoms with E-state index in [1.54, 1.807) is 5.48 Å². The Hall–Kier alpha value is -2.34. The Labute approximate surface area is 117 Å². The number of allylic oxidation sites excluding steroid dienone is 1. The average Bonchev–Trinajstić information content (AvgIpc) is 2.96. The second kappa shape index (κ2) is 6.72. The lowest BCUT2D eigenvalue weighted by atomic mass is 10.1. The molecule has 1 aromatic carbocycles. The van der Waals surface area contributed by atoms with Gasteiger partial charge < -0.3 is 10.2 Å². The van der Waals surface area contributed by atoms with Crippen LogP contribution < -0.4 is 10.8 Å². The van der Waals surface area contributed by atoms with Gasteiger partial charge >= 0.3 is 0 Å². The molecule has 0 bridgehead atoms. The van der Waals surface area contributed by atoms with E-state index in [4.69, 9.17) is 10.0 Å². The molecule has 6 nitrogen and oxygen atoms in total. The Balaban J connectivity index is 1.90. The molecule has 20 heavy (non-hydrogen) atoms. The van der Waals surface area contributed by atoms with Crippen molar-refractivity contribution in [3.05, 3.63) is 35.9 Å². The number of hydrogen-bond donors (Lipinski definition) is 3. The summed E-state index contributed by atoms with van der Waals surface area (Å²) in [6, 6.07) is 7.95. The van der Waals surface area contributed by atoms with Crippen molar-refractivity contribution in [1.29, 1.82) is 0 Å². The number of carbonyl (C=O) groups excluding carboxylic acids is 1. The van der Waals surface area contributed by atoms with Crippen molar-refractivity contribution in [2.45, 2.75) is 18.9 Å². The third-order valence-corrected chi connectivity index (χ3v) is 3.01. The molecular formula is C14H17N3O3. The van der Waals surface area contributed by atoms with Crippen molar-refractivity contribution in [2.24, 2.45) is 5.16 Å². The van der Waals surface area contributed by atoms with Crippen molar-refractivity contribution in [1.82, 2.24) is 5.48 Å². The van der Waals surface area contributed by atoms with Gasteiger partial charge in [-0.1, -0.05) is 35.5 Å². The summed E-state index contributed by atoms with van der Waals surface area (Å²) in [4.78, 5) is 16.1. The molecule has 1 aromatic rings. The smallest absolute Gasteiger partial charge is 0.287 e. The minimum absolute atomic E-state index is 0.393. The number of carbonyl (C=O) groups is 1. The molecular weight excluding hydrogens is 258 g/mol. The summed E-state index contributed by atoms with van der Waals surface area (Å²) in [5.41, 5.74) is 4.47. The maximum atomic E-state index is 11.2. The molecule has 1 atom stereocenters. The van der Waals surface area contributed by atoms with E-state index >= 15 is 0 Å². The lowest BCUT2D eigenvalue weighted by Gasteiger charge is -2.04. The normalized spacial score (nSPS) is 17.7. The first-order chi connectivity index (χ1) is 9.74. The number of para-hydroxylation sites is 1. The van der Waals surface area contributed by atoms with Crippen LogP contribution in [0, 0.1) is 0 Å². The van der Waals surface area contributed by atoms with Crippen LogP contribution >= 0.6 is 0 Å². The SMILES string of the molecule is CNc1ccccc1/C=C/CC1=NOC(C(=O)NO)C1. The third-order valence-electron chi connectivity index (χ3n) is 3.01. The van der Waals surface area contributed by atoms with Crippen molar-refractivity contribution >= 4 is 23.4 Å². The van der Waals surface area contributed by atoms with Gasteiger partial charge in [-0.3, -0.25) is 10.0 Å². The van der Waals surface area contributed by atoms with E-state index < -0.39 is 12.0 Å². The van der Waals surface area contributed by atoms with Crippen LogP contribution in [0.15, 0.2) is 35.5 Å². The molecule has 0 saturated heterocycles. The number of anilines is 1. The molecule has 0 saturated carbocycles. The number of nitrogens with one attached hydrogen (secondary N) is 2. The zero-order valence-corrected chi connectivity index (χ0v) is 11.2. The fourth-order valence-corrected chi connectivity index (χ4v) is 1.95. The number of oxime groups is 1. The van der Waals surface area contributed by atoms with Crippen molar-refractivity contribution < 1.29 is 14.8 Å². The van der Waals surface area contributed by atoms with Crippen molar-refractivity contribution in [2.75, 3.05) is 12.4 Å². The van der Waals surface area contributed by atoms with Crippen LogP contribution in [-0.4, -0.2) is 30.0 Å². The average molecular weight is 275 g/mol. The topological polar surface area (TPSA) is 83.0 Å². The first-order valence-corrected chi connectivity index (χ1v) is 6.33. The molecule has 0 spiro atoms. The van der Waals surface area contributed by atoms with E-state index in [0.717, 1.165) is 17.0 Å². The van der Waals surface area contributed by atoms with E-state index in [-0.39, 0.29) is 0 Å². The van der Waals surface area contributed by atoms with Crippen molar-refractivity contribution in [3.63, 3.8) is 0 Å². The van der Waals surface area contributed by atoms with Gasteiger partial charge in [0.1, 0.15) is 0 Å². The van der Waals surface area contributed by atoms with E-state index in [0.29, 0.717) is 12.8 Å². The van der Waals surface area contributed by atoms with Crippen LogP contribution in [0.25, 0.3) is 6.08 Å². The van der Waals surface area contributed by atoms with Gasteiger partial charge in [0, 0.05) is 25.6 Å². The molecule has 3 N–H and O–H groups in total. The minimum Gasteiger partial charge on any atom is -0.388 e. The fourth-order valence-electron chi connectivity index (χ4n) is 1.95. The molecule has 106 valence electrons. The van der Waals surface area contributed by atoms with Gasteiger partial charge in [0.2, 0.25) is 6.10 Å². The van der Waals surface area contributed by atoms with Crippen LogP contribution in [0.2, 0.25) is 0 Å². The standard InChI is InChI=1S/C14H17N3O3/c1-15-12-8-3-2-5-10(12)6-4-7-11-9-13(20-17-11)14(18)16-19/h2-6,8,13,15,19H,7,9H2,1H3,(H,16,18)/b6-4+. The van der Waals surface area contributed by atoms with Crippen LogP contribution in [0.5, 0.6) is 0 Å². The maximum Gasteiger partial charge on any atom is 0.287 e. The zero-order valence-electron chi connectivity index (χ0n) is 11.2. The van der Waals surface area contributed by atoms with Gasteiger partial charge in [-0.05, 0) is 11.6 Å². The Morgan fingerprint density at radius 2 is 2.35 bits per heavy atom. The predicted molar refractivity (Wildman–Crippen MR) is 76.5 cm³/mol. The van der Waals surface area contributed by atoms with E-state index in [9.17, 15) is 4.79 Å². The molecule has 1 aliphatic heterocycles. The second-order valence-corrected chi connectivity index (χ2v) is 4.38. The van der Waals surface area contributed by atoms with Gasteiger partial charge in [0.25, 0.3) is 5.91 Å². The maximum absolute atomic E-state index is 11.2. The molecule has 6 heteroatoms. The van der Waals surface area contributed by atoms with Gasteiger partial charge in [-0.2, -0.15) is 0 Å². The summed E-state index contributed by atoms with van der Waals surface area (Å²) in [7, 11) is 1.87. The Morgan fingerprint density at radius 1 is 1.55 bits per heavy atom. The van der Waals surface area contributed by atoms with Crippen molar-refractivity contribution in [3.8, 4) is 0 Å². The number of rotatable bonds is 5. The molecule has 1 aliphatic rings. The second-order valence-electron chi connectivity index (χ2n) is 4.38. The van der Waals surface area contributed by atoms with E-state index in [1.165, 1.54) is 0 Å². The first-order valence-electron chi connectivity index (χ1n) is 6.33. The lowest BCUT2D eigenvalue weighted by Crippen LogP contribution is -2.32. The highest BCUT2D eigenvalue weighted by Crippen LogP contribution is 2.17. The van der Waals surface area contributed by atoms with Crippen LogP contribution in [0.3, 0.4) is 0 Å². The fraction of sp³-hybridized carbons (Fsp3) is 0.286. The summed E-state index contributed by atoms with van der Waals surface area (Å²) >= 11 is 0. The number of amides is 1. The monoisotopic (exact) mass is 275 g/mol. The van der Waals surface area contributed by atoms with Gasteiger partial charge in [-0.15, -0.1) is 0 Å². The molecule has 0 radical (unpaired) electrons. The van der Waals surface area contributed by atoms with Crippen LogP contribution in [-0.2, 0) is 9.63 Å². The van der Waals surface area contributed by atoms with Gasteiger partial charge in [-0.25, -0.2) is 5.48 Å². The Kier molecular flexibility index (Phi) is 4.73. The quantitative estimate of drug-likeness (QED) is 0.565. The Bertz CT molecular complexity index is 540. The molecule has 0 aliphatic carbocycles. The highest BCUT2D eigenvalue weighted by Gasteiger charge is 2.26. The highest BCUT2D eigenvalue weighted by atomic mass is 16.6. The van der Waals surface area contributed by atoms with Crippen LogP contribution in [0.1, 0.15) is 18.4 Å². The molecule has 1 heterocycles. The summed E-state index contributed by atoms with van der Waals surface area (Å²) < 4.78 is 0. The highest BCUT2D eigenvalue weighted by molar-refractivity contribution is 5.93. The molecule has 0 aromatic heterocycles. The summed E-state index contributed by atoms with van der Waals surface area (Å²) in [5.74, 6) is -0.576. The number of nitrogens with zero attached hydrogens (tertiary/aromatic N) is 1. The first kappa shape index (κ1) is 14.1. The van der Waals surface area contributed by atoms with E-state index in [2.05, 4.69) is 10.5 Å². The number of hydroxylamine groups is 1. The molecule has 1 amide bonds. The minimum atomic E-state index is -0.729. The van der Waals surface area contributed by atoms with E-state index in [1.807, 2.05) is 43.5 Å². The molecule has 2 rings (SSSR count). The largest absolute Gasteiger partial charge is 0.388 e. The molecule has 0 fully saturated rings. The Morgan fingerprint density at radius 3 is 3.10 bits per heavy atom. The predicted octanol–water partition coefficient (Wildman–Crippen LogP) is 1.78.